The molecule has 0 saturated carbocycles. The molecule has 0 spiro atoms. The minimum Gasteiger partial charge on any atom is -0.336 e. The second kappa shape index (κ2) is 9.85. The van der Waals surface area contributed by atoms with Crippen LogP contribution in [0, 0.1) is 6.92 Å². The lowest BCUT2D eigenvalue weighted by molar-refractivity contribution is 0.0768. The average Bonchev–Trinajstić information content (AvgIpc) is 3.33. The quantitative estimate of drug-likeness (QED) is 0.815. The van der Waals surface area contributed by atoms with Gasteiger partial charge in [-0.2, -0.15) is 0 Å². The molecule has 1 amide bonds. The van der Waals surface area contributed by atoms with Crippen LogP contribution in [0.15, 0.2) is 29.6 Å². The number of hydrogen-bond donors (Lipinski definition) is 1. The summed E-state index contributed by atoms with van der Waals surface area (Å²) in [7, 11) is 0. The lowest BCUT2D eigenvalue weighted by Crippen LogP contribution is -2.49. The Morgan fingerprint density at radius 3 is 2.56 bits per heavy atom. The lowest BCUT2D eigenvalue weighted by atomic mass is 10.2. The minimum absolute atomic E-state index is 0. The number of halogens is 2. The summed E-state index contributed by atoms with van der Waals surface area (Å²) in [5.74, 6) is 0.0762. The van der Waals surface area contributed by atoms with E-state index in [-0.39, 0.29) is 30.7 Å². The standard InChI is InChI=1S/C19H24N4OS.2ClH/c1-14-2-4-15(5-3-14)18-21-17(13-25-18)19(24)23-9-6-16(12-23)22-10-7-20-8-11-22;;/h2-5,13,16,20H,6-12H2,1H3;2*1H. The third-order valence-corrected chi connectivity index (χ3v) is 6.03. The van der Waals surface area contributed by atoms with Gasteiger partial charge in [0.1, 0.15) is 10.7 Å². The van der Waals surface area contributed by atoms with E-state index in [0.717, 1.165) is 56.3 Å². The van der Waals surface area contributed by atoms with Gasteiger partial charge in [-0.1, -0.05) is 29.8 Å². The van der Waals surface area contributed by atoms with Crippen LogP contribution in [0.25, 0.3) is 10.6 Å². The van der Waals surface area contributed by atoms with Crippen LogP contribution in [-0.2, 0) is 0 Å². The number of aryl methyl sites for hydroxylation is 1. The van der Waals surface area contributed by atoms with Crippen LogP contribution in [0.3, 0.4) is 0 Å². The minimum atomic E-state index is 0. The monoisotopic (exact) mass is 428 g/mol. The van der Waals surface area contributed by atoms with Crippen LogP contribution in [0.2, 0.25) is 0 Å². The summed E-state index contributed by atoms with van der Waals surface area (Å²) in [4.78, 5) is 21.9. The van der Waals surface area contributed by atoms with Crippen molar-refractivity contribution in [2.75, 3.05) is 39.3 Å². The molecule has 0 radical (unpaired) electrons. The Kier molecular flexibility index (Phi) is 8.06. The van der Waals surface area contributed by atoms with E-state index in [0.29, 0.717) is 11.7 Å². The number of nitrogens with one attached hydrogen (secondary N) is 1. The number of thiazole rings is 1. The highest BCUT2D eigenvalue weighted by molar-refractivity contribution is 7.13. The summed E-state index contributed by atoms with van der Waals surface area (Å²) in [6, 6.07) is 8.80. The first-order chi connectivity index (χ1) is 12.2. The molecule has 2 aliphatic heterocycles. The van der Waals surface area contributed by atoms with Crippen LogP contribution in [0.5, 0.6) is 0 Å². The zero-order valence-corrected chi connectivity index (χ0v) is 17.8. The van der Waals surface area contributed by atoms with E-state index in [1.807, 2.05) is 10.3 Å². The number of carbonyl (C=O) groups excluding carboxylic acids is 1. The topological polar surface area (TPSA) is 48.5 Å². The largest absolute Gasteiger partial charge is 0.336 e. The molecule has 4 rings (SSSR count). The second-order valence-electron chi connectivity index (χ2n) is 6.88. The number of aromatic nitrogens is 1. The fourth-order valence-electron chi connectivity index (χ4n) is 3.63. The highest BCUT2D eigenvalue weighted by Gasteiger charge is 2.32. The van der Waals surface area contributed by atoms with Crippen molar-refractivity contribution in [3.05, 3.63) is 40.9 Å². The van der Waals surface area contributed by atoms with E-state index in [1.165, 1.54) is 5.56 Å². The molecule has 2 fully saturated rings. The van der Waals surface area contributed by atoms with Crippen LogP contribution < -0.4 is 5.32 Å². The second-order valence-corrected chi connectivity index (χ2v) is 7.74. The number of amides is 1. The molecule has 2 saturated heterocycles. The third-order valence-electron chi connectivity index (χ3n) is 5.14. The molecule has 1 N–H and O–H groups in total. The Morgan fingerprint density at radius 2 is 1.85 bits per heavy atom. The molecule has 1 atom stereocenters. The number of rotatable bonds is 3. The zero-order valence-electron chi connectivity index (χ0n) is 15.4. The molecule has 0 bridgehead atoms. The van der Waals surface area contributed by atoms with Gasteiger partial charge >= 0.3 is 0 Å². The molecule has 1 aromatic carbocycles. The van der Waals surface area contributed by atoms with Crippen molar-refractivity contribution in [2.45, 2.75) is 19.4 Å². The molecule has 1 unspecified atom stereocenters. The fraction of sp³-hybridized carbons (Fsp3) is 0.474. The van der Waals surface area contributed by atoms with Gasteiger partial charge in [-0.3, -0.25) is 9.69 Å². The molecule has 0 aliphatic carbocycles. The summed E-state index contributed by atoms with van der Waals surface area (Å²) in [6.07, 6.45) is 1.07. The van der Waals surface area contributed by atoms with Crippen molar-refractivity contribution < 1.29 is 4.79 Å². The van der Waals surface area contributed by atoms with Gasteiger partial charge in [0.15, 0.2) is 0 Å². The summed E-state index contributed by atoms with van der Waals surface area (Å²) in [6.45, 7) is 8.01. The van der Waals surface area contributed by atoms with Gasteiger partial charge in [0.2, 0.25) is 0 Å². The smallest absolute Gasteiger partial charge is 0.273 e. The van der Waals surface area contributed by atoms with E-state index < -0.39 is 0 Å². The Balaban J connectivity index is 0.00000131. The molecule has 27 heavy (non-hydrogen) atoms. The van der Waals surface area contributed by atoms with E-state index in [9.17, 15) is 4.79 Å². The number of nitrogens with zero attached hydrogens (tertiary/aromatic N) is 3. The molecule has 1 aromatic heterocycles. The zero-order chi connectivity index (χ0) is 17.2. The molecule has 148 valence electrons. The van der Waals surface area contributed by atoms with Gasteiger partial charge in [0.05, 0.1) is 0 Å². The van der Waals surface area contributed by atoms with E-state index >= 15 is 0 Å². The number of likely N-dealkylation sites (tertiary alicyclic amines) is 1. The first-order valence-corrected chi connectivity index (χ1v) is 9.85. The molecule has 2 aliphatic rings. The van der Waals surface area contributed by atoms with E-state index in [4.69, 9.17) is 0 Å². The van der Waals surface area contributed by atoms with Gasteiger partial charge in [-0.25, -0.2) is 4.98 Å². The highest BCUT2D eigenvalue weighted by atomic mass is 35.5. The fourth-order valence-corrected chi connectivity index (χ4v) is 4.43. The Hall–Kier alpha value is -1.18. The summed E-state index contributed by atoms with van der Waals surface area (Å²) < 4.78 is 0. The predicted molar refractivity (Wildman–Crippen MR) is 116 cm³/mol. The maximum absolute atomic E-state index is 12.8. The van der Waals surface area contributed by atoms with Crippen molar-refractivity contribution >= 4 is 42.1 Å². The van der Waals surface area contributed by atoms with Gasteiger partial charge < -0.3 is 10.2 Å². The van der Waals surface area contributed by atoms with Gasteiger partial charge in [-0.05, 0) is 13.3 Å². The maximum atomic E-state index is 12.8. The SMILES string of the molecule is Cc1ccc(-c2nc(C(=O)N3CCC(N4CCNCC4)C3)cs2)cc1.Cl.Cl. The van der Waals surface area contributed by atoms with Gasteiger partial charge in [0.25, 0.3) is 5.91 Å². The summed E-state index contributed by atoms with van der Waals surface area (Å²) in [5.41, 5.74) is 2.89. The molecular formula is C19H26Cl2N4OS. The van der Waals surface area contributed by atoms with E-state index in [1.54, 1.807) is 11.3 Å². The van der Waals surface area contributed by atoms with Crippen LogP contribution in [0.4, 0.5) is 0 Å². The third kappa shape index (κ3) is 5.00. The summed E-state index contributed by atoms with van der Waals surface area (Å²) >= 11 is 1.55. The van der Waals surface area contributed by atoms with Crippen LogP contribution in [0.1, 0.15) is 22.5 Å². The number of carbonyl (C=O) groups is 1. The highest BCUT2D eigenvalue weighted by Crippen LogP contribution is 2.26. The Bertz CT molecular complexity index is 746. The van der Waals surface area contributed by atoms with Crippen molar-refractivity contribution in [1.29, 1.82) is 0 Å². The molecule has 5 nitrogen and oxygen atoms in total. The average molecular weight is 429 g/mol. The Morgan fingerprint density at radius 1 is 1.15 bits per heavy atom. The molecule has 2 aromatic rings. The van der Waals surface area contributed by atoms with Gasteiger partial charge in [-0.15, -0.1) is 36.2 Å². The first kappa shape index (κ1) is 22.1. The van der Waals surface area contributed by atoms with Crippen molar-refractivity contribution in [3.63, 3.8) is 0 Å². The number of benzene rings is 1. The lowest BCUT2D eigenvalue weighted by Gasteiger charge is -2.32. The molecular weight excluding hydrogens is 403 g/mol. The maximum Gasteiger partial charge on any atom is 0.273 e. The van der Waals surface area contributed by atoms with Gasteiger partial charge in [0, 0.05) is 56.3 Å². The van der Waals surface area contributed by atoms with Crippen LogP contribution >= 0.6 is 36.2 Å². The predicted octanol–water partition coefficient (Wildman–Crippen LogP) is 3.08. The first-order valence-electron chi connectivity index (χ1n) is 8.97. The normalized spacial score (nSPS) is 20.0. The van der Waals surface area contributed by atoms with Crippen molar-refractivity contribution in [3.8, 4) is 10.6 Å². The molecule has 3 heterocycles. The summed E-state index contributed by atoms with van der Waals surface area (Å²) in [5, 5.41) is 6.21. The Labute approximate surface area is 177 Å². The van der Waals surface area contributed by atoms with Crippen LogP contribution in [-0.4, -0.2) is 66.0 Å². The van der Waals surface area contributed by atoms with E-state index in [2.05, 4.69) is 46.4 Å². The number of piperazine rings is 1. The van der Waals surface area contributed by atoms with Crippen molar-refractivity contribution in [2.24, 2.45) is 0 Å². The number of hydrogen-bond acceptors (Lipinski definition) is 5. The molecule has 8 heteroatoms. The van der Waals surface area contributed by atoms with Crippen molar-refractivity contribution in [1.82, 2.24) is 20.1 Å².